The molecule has 3 aromatic rings. The fourth-order valence-electron chi connectivity index (χ4n) is 5.73. The zero-order valence-electron chi connectivity index (χ0n) is 24.2. The monoisotopic (exact) mass is 560 g/mol. The number of hydrogen-bond acceptors (Lipinski definition) is 6. The first-order valence-corrected chi connectivity index (χ1v) is 14.1. The van der Waals surface area contributed by atoms with Gasteiger partial charge >= 0.3 is 6.09 Å². The lowest BCUT2D eigenvalue weighted by molar-refractivity contribution is -0.0179. The Morgan fingerprint density at radius 2 is 1.66 bits per heavy atom. The van der Waals surface area contributed by atoms with Gasteiger partial charge in [-0.1, -0.05) is 24.3 Å². The van der Waals surface area contributed by atoms with Gasteiger partial charge in [-0.2, -0.15) is 4.39 Å². The molecule has 1 unspecified atom stereocenters. The van der Waals surface area contributed by atoms with E-state index < -0.39 is 11.5 Å². The number of hydrogen-bond donors (Lipinski definition) is 2. The van der Waals surface area contributed by atoms with Crippen LogP contribution >= 0.6 is 0 Å². The highest BCUT2D eigenvalue weighted by Crippen LogP contribution is 2.34. The number of fused-ring (bicyclic) bond motifs is 1. The number of nitrogens with one attached hydrogen (secondary N) is 1. The summed E-state index contributed by atoms with van der Waals surface area (Å²) in [5, 5.41) is 2.84. The van der Waals surface area contributed by atoms with Gasteiger partial charge in [0.15, 0.2) is 0 Å². The molecule has 2 aliphatic rings. The molecule has 2 amide bonds. The molecule has 8 nitrogen and oxygen atoms in total. The van der Waals surface area contributed by atoms with E-state index in [9.17, 15) is 9.59 Å². The molecule has 216 valence electrons. The van der Waals surface area contributed by atoms with Crippen molar-refractivity contribution in [2.24, 2.45) is 0 Å². The van der Waals surface area contributed by atoms with Crippen molar-refractivity contribution in [1.29, 1.82) is 0 Å². The Balaban J connectivity index is 1.31. The van der Waals surface area contributed by atoms with Gasteiger partial charge in [-0.3, -0.25) is 4.79 Å². The van der Waals surface area contributed by atoms with Crippen molar-refractivity contribution >= 4 is 17.8 Å². The van der Waals surface area contributed by atoms with Crippen LogP contribution in [-0.4, -0.2) is 52.2 Å². The number of carbonyl (C=O) groups excluding carboxylic acids is 2. The van der Waals surface area contributed by atoms with Gasteiger partial charge in [-0.05, 0) is 82.0 Å². The number of ether oxygens (including phenoxy) is 2. The van der Waals surface area contributed by atoms with E-state index in [1.54, 1.807) is 29.2 Å². The minimum Gasteiger partial charge on any atom is -0.490 e. The summed E-state index contributed by atoms with van der Waals surface area (Å²) in [5.74, 6) is 0.00572. The third-order valence-corrected chi connectivity index (χ3v) is 7.58. The lowest BCUT2D eigenvalue weighted by atomic mass is 9.94. The van der Waals surface area contributed by atoms with E-state index in [-0.39, 0.29) is 36.0 Å². The Bertz CT molecular complexity index is 1460. The normalized spacial score (nSPS) is 20.7. The van der Waals surface area contributed by atoms with E-state index in [0.717, 1.165) is 17.5 Å². The molecule has 41 heavy (non-hydrogen) atoms. The quantitative estimate of drug-likeness (QED) is 0.381. The Kier molecular flexibility index (Phi) is 7.64. The molecule has 2 aromatic carbocycles. The zero-order chi connectivity index (χ0) is 29.5. The second kappa shape index (κ2) is 11.0. The number of nitrogens with two attached hydrogens (primary N) is 1. The number of nitrogens with zero attached hydrogens (tertiary/aromatic N) is 2. The fraction of sp³-hybridized carbons (Fsp3) is 0.406. The molecule has 3 atom stereocenters. The van der Waals surface area contributed by atoms with Crippen LogP contribution in [0.1, 0.15) is 63.4 Å². The number of amides is 2. The van der Waals surface area contributed by atoms with Crippen molar-refractivity contribution in [3.63, 3.8) is 0 Å². The molecule has 0 bridgehead atoms. The molecule has 0 radical (unpaired) electrons. The number of likely N-dealkylation sites (tertiary alicyclic amines) is 1. The molecule has 3 N–H and O–H groups in total. The average Bonchev–Trinajstić information content (AvgIpc) is 2.88. The number of piperidine rings is 1. The van der Waals surface area contributed by atoms with Crippen molar-refractivity contribution in [2.75, 3.05) is 12.3 Å². The maximum atomic E-state index is 15.0. The molecule has 0 spiro atoms. The van der Waals surface area contributed by atoms with Gasteiger partial charge in [0.25, 0.3) is 5.91 Å². The van der Waals surface area contributed by atoms with Gasteiger partial charge in [-0.25, -0.2) is 9.78 Å². The predicted molar refractivity (Wildman–Crippen MR) is 156 cm³/mol. The van der Waals surface area contributed by atoms with Crippen LogP contribution in [0.3, 0.4) is 0 Å². The van der Waals surface area contributed by atoms with E-state index >= 15 is 4.39 Å². The zero-order valence-corrected chi connectivity index (χ0v) is 24.2. The molecule has 2 aliphatic heterocycles. The van der Waals surface area contributed by atoms with Gasteiger partial charge in [0, 0.05) is 48.2 Å². The first kappa shape index (κ1) is 28.4. The molecular weight excluding hydrogens is 523 g/mol. The first-order valence-electron chi connectivity index (χ1n) is 14.1. The highest BCUT2D eigenvalue weighted by atomic mass is 19.1. The van der Waals surface area contributed by atoms with Crippen molar-refractivity contribution < 1.29 is 23.5 Å². The molecule has 5 rings (SSSR count). The molecule has 1 saturated heterocycles. The summed E-state index contributed by atoms with van der Waals surface area (Å²) in [4.78, 5) is 30.6. The molecule has 3 heterocycles. The fourth-order valence-corrected chi connectivity index (χ4v) is 5.73. The van der Waals surface area contributed by atoms with Crippen molar-refractivity contribution in [1.82, 2.24) is 15.2 Å². The summed E-state index contributed by atoms with van der Waals surface area (Å²) in [6.45, 7) is 10.2. The molecule has 9 heteroatoms. The number of pyridine rings is 1. The number of aromatic nitrogens is 1. The summed E-state index contributed by atoms with van der Waals surface area (Å²) in [7, 11) is 0. The van der Waals surface area contributed by atoms with Crippen LogP contribution in [0.4, 0.5) is 15.0 Å². The topological polar surface area (TPSA) is 107 Å². The third-order valence-electron chi connectivity index (χ3n) is 7.58. The van der Waals surface area contributed by atoms with Gasteiger partial charge in [0.05, 0.1) is 0 Å². The van der Waals surface area contributed by atoms with Crippen LogP contribution in [0, 0.1) is 5.95 Å². The number of carbonyl (C=O) groups is 2. The molecule has 1 fully saturated rings. The van der Waals surface area contributed by atoms with Crippen molar-refractivity contribution in [2.45, 2.75) is 77.7 Å². The van der Waals surface area contributed by atoms with Gasteiger partial charge in [-0.15, -0.1) is 0 Å². The summed E-state index contributed by atoms with van der Waals surface area (Å²) < 4.78 is 26.9. The van der Waals surface area contributed by atoms with Crippen LogP contribution in [0.15, 0.2) is 48.5 Å². The van der Waals surface area contributed by atoms with Crippen molar-refractivity contribution in [3.05, 3.63) is 65.6 Å². The first-order chi connectivity index (χ1) is 19.4. The Morgan fingerprint density at radius 1 is 1.00 bits per heavy atom. The second-order valence-corrected chi connectivity index (χ2v) is 12.0. The minimum atomic E-state index is -0.658. The predicted octanol–water partition coefficient (Wildman–Crippen LogP) is 5.98. The highest BCUT2D eigenvalue weighted by Gasteiger charge is 2.37. The molecule has 1 aromatic heterocycles. The maximum absolute atomic E-state index is 15.0. The average molecular weight is 561 g/mol. The number of anilines is 1. The standard InChI is InChI=1S/C32H37FN4O4/c1-18-14-24(15-19(2)37(18)31(39)41-32(3,4)5)40-23-9-6-20(7-10-23)26-17-27(29(34)36-28(26)33)21-8-11-25-22(16-21)12-13-35-30(25)38/h6-11,16-19,24H,12-15H2,1-5H3,(H2,34,36)(H,35,38)/t18-,19+,24?. The Hall–Kier alpha value is -4.14. The van der Waals surface area contributed by atoms with Gasteiger partial charge in [0.2, 0.25) is 5.95 Å². The molecule has 0 saturated carbocycles. The summed E-state index contributed by atoms with van der Waals surface area (Å²) in [6, 6.07) is 14.4. The Morgan fingerprint density at radius 3 is 2.32 bits per heavy atom. The summed E-state index contributed by atoms with van der Waals surface area (Å²) in [5.41, 5.74) is 9.50. The van der Waals surface area contributed by atoms with Crippen LogP contribution in [0.25, 0.3) is 22.3 Å². The largest absolute Gasteiger partial charge is 0.490 e. The number of rotatable bonds is 4. The highest BCUT2D eigenvalue weighted by molar-refractivity contribution is 5.97. The van der Waals surface area contributed by atoms with E-state index in [4.69, 9.17) is 15.2 Å². The van der Waals surface area contributed by atoms with Crippen LogP contribution in [-0.2, 0) is 11.2 Å². The van der Waals surface area contributed by atoms with E-state index in [0.29, 0.717) is 47.4 Å². The summed E-state index contributed by atoms with van der Waals surface area (Å²) >= 11 is 0. The second-order valence-electron chi connectivity index (χ2n) is 12.0. The van der Waals surface area contributed by atoms with Crippen molar-refractivity contribution in [3.8, 4) is 28.0 Å². The number of nitrogen functional groups attached to an aromatic ring is 1. The lowest BCUT2D eigenvalue weighted by Gasteiger charge is -2.42. The van der Waals surface area contributed by atoms with Crippen LogP contribution in [0.2, 0.25) is 0 Å². The smallest absolute Gasteiger partial charge is 0.410 e. The Labute approximate surface area is 240 Å². The lowest BCUT2D eigenvalue weighted by Crippen LogP contribution is -2.53. The number of benzene rings is 2. The summed E-state index contributed by atoms with van der Waals surface area (Å²) in [6.07, 6.45) is 1.69. The van der Waals surface area contributed by atoms with E-state index in [1.807, 2.05) is 58.9 Å². The minimum absolute atomic E-state index is 0.0378. The SMILES string of the molecule is C[C@@H]1CC(Oc2ccc(-c3cc(-c4ccc5c(c4)CCNC5=O)c(N)nc3F)cc2)C[C@H](C)N1C(=O)OC(C)(C)C. The van der Waals surface area contributed by atoms with Crippen LogP contribution in [0.5, 0.6) is 5.75 Å². The van der Waals surface area contributed by atoms with Crippen LogP contribution < -0.4 is 15.8 Å². The van der Waals surface area contributed by atoms with E-state index in [1.165, 1.54) is 0 Å². The van der Waals surface area contributed by atoms with Gasteiger partial charge < -0.3 is 25.4 Å². The maximum Gasteiger partial charge on any atom is 0.410 e. The van der Waals surface area contributed by atoms with Gasteiger partial charge in [0.1, 0.15) is 23.3 Å². The van der Waals surface area contributed by atoms with E-state index in [2.05, 4.69) is 10.3 Å². The molecular formula is C32H37FN4O4. The third kappa shape index (κ3) is 6.14. The molecule has 0 aliphatic carbocycles. The number of halogens is 1.